The highest BCUT2D eigenvalue weighted by molar-refractivity contribution is 5.98. The Morgan fingerprint density at radius 2 is 2.11 bits per heavy atom. The lowest BCUT2D eigenvalue weighted by Crippen LogP contribution is -2.48. The summed E-state index contributed by atoms with van der Waals surface area (Å²) in [6, 6.07) is 6.59. The van der Waals surface area contributed by atoms with Crippen LogP contribution < -0.4 is 10.2 Å². The summed E-state index contributed by atoms with van der Waals surface area (Å²) in [6.45, 7) is 6.32. The van der Waals surface area contributed by atoms with Crippen molar-refractivity contribution in [2.45, 2.75) is 32.1 Å². The zero-order valence-electron chi connectivity index (χ0n) is 11.9. The Labute approximate surface area is 115 Å². The Hall–Kier alpha value is -1.35. The smallest absolute Gasteiger partial charge is 0.230 e. The van der Waals surface area contributed by atoms with Gasteiger partial charge in [0.1, 0.15) is 0 Å². The molecule has 2 atom stereocenters. The van der Waals surface area contributed by atoms with Crippen LogP contribution in [-0.4, -0.2) is 26.0 Å². The fourth-order valence-corrected chi connectivity index (χ4v) is 3.38. The minimum absolute atomic E-state index is 0.168. The van der Waals surface area contributed by atoms with Crippen molar-refractivity contribution in [3.63, 3.8) is 0 Å². The number of hydrogen-bond acceptors (Lipinski definition) is 2. The number of carbonyl (C=O) groups is 1. The number of hydrogen-bond donors (Lipinski definition) is 1. The van der Waals surface area contributed by atoms with E-state index in [9.17, 15) is 4.79 Å². The minimum Gasteiger partial charge on any atom is -0.316 e. The van der Waals surface area contributed by atoms with Crippen molar-refractivity contribution in [3.8, 4) is 0 Å². The van der Waals surface area contributed by atoms with Crippen LogP contribution in [0.4, 0.5) is 5.69 Å². The monoisotopic (exact) mass is 258 g/mol. The SMILES string of the molecule is CC(C)c1ccc2c(c1)C1CNCCC1C(=O)N2C. The van der Waals surface area contributed by atoms with Crippen LogP contribution in [0.25, 0.3) is 0 Å². The Kier molecular flexibility index (Phi) is 3.09. The van der Waals surface area contributed by atoms with E-state index in [1.54, 1.807) is 0 Å². The molecule has 1 aromatic carbocycles. The maximum Gasteiger partial charge on any atom is 0.230 e. The molecule has 1 saturated heterocycles. The molecule has 2 aliphatic heterocycles. The lowest BCUT2D eigenvalue weighted by molar-refractivity contribution is -0.123. The number of benzene rings is 1. The number of piperidine rings is 1. The number of anilines is 1. The van der Waals surface area contributed by atoms with Gasteiger partial charge in [0, 0.05) is 31.1 Å². The van der Waals surface area contributed by atoms with Crippen molar-refractivity contribution < 1.29 is 4.79 Å². The molecule has 1 amide bonds. The molecule has 0 bridgehead atoms. The topological polar surface area (TPSA) is 32.3 Å². The third kappa shape index (κ3) is 1.96. The van der Waals surface area contributed by atoms with E-state index in [0.717, 1.165) is 25.2 Å². The predicted molar refractivity (Wildman–Crippen MR) is 77.7 cm³/mol. The van der Waals surface area contributed by atoms with Gasteiger partial charge in [0.15, 0.2) is 0 Å². The first-order valence-corrected chi connectivity index (χ1v) is 7.21. The number of amides is 1. The van der Waals surface area contributed by atoms with Gasteiger partial charge in [-0.15, -0.1) is 0 Å². The molecule has 0 saturated carbocycles. The highest BCUT2D eigenvalue weighted by Crippen LogP contribution is 2.42. The Balaban J connectivity index is 2.09. The first-order valence-electron chi connectivity index (χ1n) is 7.21. The second kappa shape index (κ2) is 4.64. The molecule has 3 rings (SSSR count). The summed E-state index contributed by atoms with van der Waals surface area (Å²) >= 11 is 0. The molecule has 0 radical (unpaired) electrons. The van der Waals surface area contributed by atoms with Gasteiger partial charge in [-0.2, -0.15) is 0 Å². The minimum atomic E-state index is 0.168. The van der Waals surface area contributed by atoms with Gasteiger partial charge < -0.3 is 10.2 Å². The van der Waals surface area contributed by atoms with Gasteiger partial charge in [-0.3, -0.25) is 4.79 Å². The highest BCUT2D eigenvalue weighted by atomic mass is 16.2. The molecule has 0 spiro atoms. The van der Waals surface area contributed by atoms with Crippen molar-refractivity contribution in [1.29, 1.82) is 0 Å². The van der Waals surface area contributed by atoms with Crippen LogP contribution in [-0.2, 0) is 4.79 Å². The van der Waals surface area contributed by atoms with Crippen LogP contribution in [0.1, 0.15) is 43.2 Å². The average Bonchev–Trinajstić information content (AvgIpc) is 2.44. The molecule has 1 fully saturated rings. The van der Waals surface area contributed by atoms with E-state index in [-0.39, 0.29) is 11.8 Å². The van der Waals surface area contributed by atoms with E-state index in [4.69, 9.17) is 0 Å². The molecule has 3 heteroatoms. The van der Waals surface area contributed by atoms with Crippen LogP contribution >= 0.6 is 0 Å². The largest absolute Gasteiger partial charge is 0.316 e. The second-order valence-electron chi connectivity index (χ2n) is 6.08. The van der Waals surface area contributed by atoms with Crippen LogP contribution in [0.2, 0.25) is 0 Å². The highest BCUT2D eigenvalue weighted by Gasteiger charge is 2.40. The van der Waals surface area contributed by atoms with Gasteiger partial charge in [0.25, 0.3) is 0 Å². The molecular weight excluding hydrogens is 236 g/mol. The second-order valence-corrected chi connectivity index (χ2v) is 6.08. The lowest BCUT2D eigenvalue weighted by Gasteiger charge is -2.41. The molecule has 2 aliphatic rings. The standard InChI is InChI=1S/C16H22N2O/c1-10(2)11-4-5-15-13(8-11)14-9-17-7-6-12(14)16(19)18(15)3/h4-5,8,10,12,14,17H,6-7,9H2,1-3H3. The molecule has 1 aromatic rings. The molecule has 19 heavy (non-hydrogen) atoms. The summed E-state index contributed by atoms with van der Waals surface area (Å²) in [6.07, 6.45) is 0.958. The summed E-state index contributed by atoms with van der Waals surface area (Å²) in [5.41, 5.74) is 3.82. The van der Waals surface area contributed by atoms with Gasteiger partial charge >= 0.3 is 0 Å². The fourth-order valence-electron chi connectivity index (χ4n) is 3.38. The number of nitrogens with one attached hydrogen (secondary N) is 1. The normalized spacial score (nSPS) is 26.3. The predicted octanol–water partition coefficient (Wildman–Crippen LogP) is 2.48. The number of nitrogens with zero attached hydrogens (tertiary/aromatic N) is 1. The summed E-state index contributed by atoms with van der Waals surface area (Å²) in [5, 5.41) is 3.44. The fraction of sp³-hybridized carbons (Fsp3) is 0.562. The van der Waals surface area contributed by atoms with Crippen molar-refractivity contribution in [2.75, 3.05) is 25.0 Å². The number of fused-ring (bicyclic) bond motifs is 3. The quantitative estimate of drug-likeness (QED) is 0.839. The third-order valence-electron chi connectivity index (χ3n) is 4.61. The van der Waals surface area contributed by atoms with Gasteiger partial charge in [0.2, 0.25) is 5.91 Å². The Morgan fingerprint density at radius 3 is 2.84 bits per heavy atom. The maximum atomic E-state index is 12.4. The van der Waals surface area contributed by atoms with Crippen LogP contribution in [0.15, 0.2) is 18.2 Å². The lowest BCUT2D eigenvalue weighted by atomic mass is 9.76. The number of rotatable bonds is 1. The molecule has 102 valence electrons. The first-order chi connectivity index (χ1) is 9.09. The van der Waals surface area contributed by atoms with E-state index in [2.05, 4.69) is 37.4 Å². The van der Waals surface area contributed by atoms with E-state index in [0.29, 0.717) is 11.8 Å². The Morgan fingerprint density at radius 1 is 1.32 bits per heavy atom. The molecule has 1 N–H and O–H groups in total. The van der Waals surface area contributed by atoms with Gasteiger partial charge in [-0.05, 0) is 36.1 Å². The number of carbonyl (C=O) groups excluding carboxylic acids is 1. The van der Waals surface area contributed by atoms with Crippen molar-refractivity contribution in [2.24, 2.45) is 5.92 Å². The summed E-state index contributed by atoms with van der Waals surface area (Å²) in [4.78, 5) is 14.3. The first kappa shape index (κ1) is 12.7. The van der Waals surface area contributed by atoms with Gasteiger partial charge in [-0.1, -0.05) is 26.0 Å². The van der Waals surface area contributed by atoms with Crippen LogP contribution in [0.3, 0.4) is 0 Å². The summed E-state index contributed by atoms with van der Waals surface area (Å²) < 4.78 is 0. The van der Waals surface area contributed by atoms with Crippen molar-refractivity contribution >= 4 is 11.6 Å². The molecule has 3 nitrogen and oxygen atoms in total. The zero-order chi connectivity index (χ0) is 13.6. The van der Waals surface area contributed by atoms with Crippen molar-refractivity contribution in [1.82, 2.24) is 5.32 Å². The maximum absolute atomic E-state index is 12.4. The molecule has 2 heterocycles. The summed E-state index contributed by atoms with van der Waals surface area (Å²) in [5.74, 6) is 1.34. The summed E-state index contributed by atoms with van der Waals surface area (Å²) in [7, 11) is 1.91. The van der Waals surface area contributed by atoms with Gasteiger partial charge in [-0.25, -0.2) is 0 Å². The van der Waals surface area contributed by atoms with Crippen molar-refractivity contribution in [3.05, 3.63) is 29.3 Å². The van der Waals surface area contributed by atoms with E-state index >= 15 is 0 Å². The van der Waals surface area contributed by atoms with Crippen LogP contribution in [0, 0.1) is 5.92 Å². The van der Waals surface area contributed by atoms with E-state index in [1.165, 1.54) is 11.1 Å². The Bertz CT molecular complexity index is 509. The molecule has 0 aliphatic carbocycles. The van der Waals surface area contributed by atoms with E-state index < -0.39 is 0 Å². The van der Waals surface area contributed by atoms with Gasteiger partial charge in [0.05, 0.1) is 0 Å². The van der Waals surface area contributed by atoms with Crippen LogP contribution in [0.5, 0.6) is 0 Å². The van der Waals surface area contributed by atoms with E-state index in [1.807, 2.05) is 11.9 Å². The third-order valence-corrected chi connectivity index (χ3v) is 4.61. The molecule has 0 aromatic heterocycles. The average molecular weight is 258 g/mol. The zero-order valence-corrected chi connectivity index (χ0v) is 11.9. The molecular formula is C16H22N2O. The molecule has 2 unspecified atom stereocenters.